The van der Waals surface area contributed by atoms with E-state index in [2.05, 4.69) is 21.0 Å². The van der Waals surface area contributed by atoms with Crippen LogP contribution < -0.4 is 4.74 Å². The van der Waals surface area contributed by atoms with Crippen LogP contribution in [0.25, 0.3) is 5.69 Å². The number of carbonyl (C=O) groups is 1. The molecule has 0 saturated carbocycles. The van der Waals surface area contributed by atoms with Crippen molar-refractivity contribution in [1.29, 1.82) is 0 Å². The molecule has 0 radical (unpaired) electrons. The van der Waals surface area contributed by atoms with Crippen molar-refractivity contribution in [1.82, 2.24) is 9.78 Å². The van der Waals surface area contributed by atoms with Gasteiger partial charge in [-0.15, -0.1) is 0 Å². The third kappa shape index (κ3) is 2.31. The fourth-order valence-corrected chi connectivity index (χ4v) is 1.65. The standard InChI is InChI=1S/C11H9BrN2O3/c1-17-10-6-9(11(15)16)13-14(10)8-4-2-7(12)3-5-8/h2-6H,1H3,(H,15,16). The first-order valence-corrected chi connectivity index (χ1v) is 5.54. The molecule has 0 aliphatic rings. The molecule has 1 N–H and O–H groups in total. The van der Waals surface area contributed by atoms with Crippen LogP contribution in [0.4, 0.5) is 0 Å². The van der Waals surface area contributed by atoms with E-state index in [1.807, 2.05) is 24.3 Å². The topological polar surface area (TPSA) is 64.3 Å². The quantitative estimate of drug-likeness (QED) is 0.944. The molecule has 0 aliphatic carbocycles. The maximum Gasteiger partial charge on any atom is 0.356 e. The van der Waals surface area contributed by atoms with Gasteiger partial charge in [-0.05, 0) is 24.3 Å². The molecule has 2 rings (SSSR count). The summed E-state index contributed by atoms with van der Waals surface area (Å²) >= 11 is 3.33. The van der Waals surface area contributed by atoms with Crippen molar-refractivity contribution < 1.29 is 14.6 Å². The van der Waals surface area contributed by atoms with Crippen LogP contribution in [-0.4, -0.2) is 28.0 Å². The van der Waals surface area contributed by atoms with Gasteiger partial charge in [0.15, 0.2) is 5.69 Å². The van der Waals surface area contributed by atoms with E-state index in [-0.39, 0.29) is 5.69 Å². The molecule has 0 saturated heterocycles. The molecular formula is C11H9BrN2O3. The zero-order valence-corrected chi connectivity index (χ0v) is 10.5. The predicted octanol–water partition coefficient (Wildman–Crippen LogP) is 2.34. The van der Waals surface area contributed by atoms with Gasteiger partial charge in [-0.25, -0.2) is 9.48 Å². The molecule has 17 heavy (non-hydrogen) atoms. The number of hydrogen-bond acceptors (Lipinski definition) is 3. The second-order valence-electron chi connectivity index (χ2n) is 3.27. The Bertz CT molecular complexity index is 548. The van der Waals surface area contributed by atoms with Gasteiger partial charge in [0.25, 0.3) is 0 Å². The van der Waals surface area contributed by atoms with Gasteiger partial charge < -0.3 is 9.84 Å². The van der Waals surface area contributed by atoms with E-state index in [0.29, 0.717) is 5.88 Å². The number of halogens is 1. The summed E-state index contributed by atoms with van der Waals surface area (Å²) in [4.78, 5) is 10.8. The van der Waals surface area contributed by atoms with E-state index >= 15 is 0 Å². The average Bonchev–Trinajstić information content (AvgIpc) is 2.74. The summed E-state index contributed by atoms with van der Waals surface area (Å²) in [5.41, 5.74) is 0.683. The first-order valence-electron chi connectivity index (χ1n) is 4.75. The van der Waals surface area contributed by atoms with Gasteiger partial charge in [0.2, 0.25) is 5.88 Å². The van der Waals surface area contributed by atoms with Crippen LogP contribution in [0.5, 0.6) is 5.88 Å². The summed E-state index contributed by atoms with van der Waals surface area (Å²) < 4.78 is 7.46. The fourth-order valence-electron chi connectivity index (χ4n) is 1.38. The highest BCUT2D eigenvalue weighted by Gasteiger charge is 2.14. The lowest BCUT2D eigenvalue weighted by atomic mass is 10.3. The van der Waals surface area contributed by atoms with Gasteiger partial charge in [-0.2, -0.15) is 5.10 Å². The number of carboxylic acid groups (broad SMARTS) is 1. The largest absolute Gasteiger partial charge is 0.481 e. The smallest absolute Gasteiger partial charge is 0.356 e. The fraction of sp³-hybridized carbons (Fsp3) is 0.0909. The highest BCUT2D eigenvalue weighted by molar-refractivity contribution is 9.10. The number of ether oxygens (including phenoxy) is 1. The number of rotatable bonds is 3. The van der Waals surface area contributed by atoms with E-state index in [9.17, 15) is 4.79 Å². The van der Waals surface area contributed by atoms with Gasteiger partial charge in [0.1, 0.15) is 0 Å². The predicted molar refractivity (Wildman–Crippen MR) is 64.8 cm³/mol. The van der Waals surface area contributed by atoms with Crippen LogP contribution in [0.1, 0.15) is 10.5 Å². The molecule has 1 aromatic carbocycles. The van der Waals surface area contributed by atoms with E-state index < -0.39 is 5.97 Å². The highest BCUT2D eigenvalue weighted by atomic mass is 79.9. The third-order valence-electron chi connectivity index (χ3n) is 2.18. The molecule has 1 heterocycles. The molecule has 0 aliphatic heterocycles. The van der Waals surface area contributed by atoms with Crippen molar-refractivity contribution in [3.8, 4) is 11.6 Å². The second-order valence-corrected chi connectivity index (χ2v) is 4.18. The van der Waals surface area contributed by atoms with Crippen LogP contribution in [0, 0.1) is 0 Å². The summed E-state index contributed by atoms with van der Waals surface area (Å²) in [7, 11) is 1.47. The molecule has 2 aromatic rings. The third-order valence-corrected chi connectivity index (χ3v) is 2.70. The highest BCUT2D eigenvalue weighted by Crippen LogP contribution is 2.20. The number of nitrogens with zero attached hydrogens (tertiary/aromatic N) is 2. The lowest BCUT2D eigenvalue weighted by Crippen LogP contribution is -2.02. The SMILES string of the molecule is COc1cc(C(=O)O)nn1-c1ccc(Br)cc1. The average molecular weight is 297 g/mol. The van der Waals surface area contributed by atoms with Crippen molar-refractivity contribution in [2.75, 3.05) is 7.11 Å². The molecule has 6 heteroatoms. The van der Waals surface area contributed by atoms with Gasteiger partial charge >= 0.3 is 5.97 Å². The molecule has 0 unspecified atom stereocenters. The number of methoxy groups -OCH3 is 1. The lowest BCUT2D eigenvalue weighted by molar-refractivity contribution is 0.0690. The van der Waals surface area contributed by atoms with Crippen molar-refractivity contribution in [3.63, 3.8) is 0 Å². The molecule has 1 aromatic heterocycles. The molecule has 0 spiro atoms. The van der Waals surface area contributed by atoms with Gasteiger partial charge in [0.05, 0.1) is 12.8 Å². The van der Waals surface area contributed by atoms with E-state index in [4.69, 9.17) is 9.84 Å². The summed E-state index contributed by atoms with van der Waals surface area (Å²) in [6.07, 6.45) is 0. The summed E-state index contributed by atoms with van der Waals surface area (Å²) in [6.45, 7) is 0. The molecule has 5 nitrogen and oxygen atoms in total. The van der Waals surface area contributed by atoms with Crippen LogP contribution in [0.15, 0.2) is 34.8 Å². The van der Waals surface area contributed by atoms with Crippen molar-refractivity contribution >= 4 is 21.9 Å². The zero-order valence-electron chi connectivity index (χ0n) is 8.92. The van der Waals surface area contributed by atoms with Gasteiger partial charge in [-0.1, -0.05) is 15.9 Å². The normalized spacial score (nSPS) is 10.2. The number of carboxylic acids is 1. The maximum absolute atomic E-state index is 10.8. The minimum absolute atomic E-state index is 0.0511. The van der Waals surface area contributed by atoms with Crippen LogP contribution in [0.2, 0.25) is 0 Å². The van der Waals surface area contributed by atoms with E-state index in [1.165, 1.54) is 17.9 Å². The Morgan fingerprint density at radius 3 is 2.59 bits per heavy atom. The minimum atomic E-state index is -1.08. The van der Waals surface area contributed by atoms with E-state index in [0.717, 1.165) is 10.2 Å². The Morgan fingerprint density at radius 2 is 2.06 bits per heavy atom. The van der Waals surface area contributed by atoms with Gasteiger partial charge in [0, 0.05) is 10.5 Å². The van der Waals surface area contributed by atoms with Crippen LogP contribution in [0.3, 0.4) is 0 Å². The Hall–Kier alpha value is -1.82. The monoisotopic (exact) mass is 296 g/mol. The summed E-state index contributed by atoms with van der Waals surface area (Å²) in [5, 5.41) is 12.8. The first kappa shape index (κ1) is 11.7. The van der Waals surface area contributed by atoms with E-state index in [1.54, 1.807) is 0 Å². The Morgan fingerprint density at radius 1 is 1.41 bits per heavy atom. The molecule has 0 bridgehead atoms. The number of hydrogen-bond donors (Lipinski definition) is 1. The number of aromatic nitrogens is 2. The maximum atomic E-state index is 10.8. The van der Waals surface area contributed by atoms with Crippen LogP contribution >= 0.6 is 15.9 Å². The lowest BCUT2D eigenvalue weighted by Gasteiger charge is -2.05. The van der Waals surface area contributed by atoms with Crippen molar-refractivity contribution in [2.45, 2.75) is 0 Å². The zero-order chi connectivity index (χ0) is 12.4. The minimum Gasteiger partial charge on any atom is -0.481 e. The molecule has 0 amide bonds. The van der Waals surface area contributed by atoms with Crippen molar-refractivity contribution in [2.24, 2.45) is 0 Å². The molecule has 88 valence electrons. The van der Waals surface area contributed by atoms with Gasteiger partial charge in [-0.3, -0.25) is 0 Å². The second kappa shape index (κ2) is 4.58. The summed E-state index contributed by atoms with van der Waals surface area (Å²) in [5.74, 6) is -0.705. The Kier molecular flexibility index (Phi) is 3.14. The Labute approximate surface area is 106 Å². The van der Waals surface area contributed by atoms with Crippen LogP contribution in [-0.2, 0) is 0 Å². The van der Waals surface area contributed by atoms with Crippen molar-refractivity contribution in [3.05, 3.63) is 40.5 Å². The molecular weight excluding hydrogens is 288 g/mol. The summed E-state index contributed by atoms with van der Waals surface area (Å²) in [6, 6.07) is 8.69. The number of aromatic carboxylic acids is 1. The Balaban J connectivity index is 2.50. The first-order chi connectivity index (χ1) is 8.11. The molecule has 0 fully saturated rings. The molecule has 0 atom stereocenters. The number of benzene rings is 1.